The Balaban J connectivity index is 2.40. The van der Waals surface area contributed by atoms with Gasteiger partial charge in [0.1, 0.15) is 6.29 Å². The van der Waals surface area contributed by atoms with E-state index in [1.54, 1.807) is 0 Å². The summed E-state index contributed by atoms with van der Waals surface area (Å²) in [5.41, 5.74) is 0. The van der Waals surface area contributed by atoms with Crippen molar-refractivity contribution < 1.29 is 9.59 Å². The average Bonchev–Trinajstić information content (AvgIpc) is 2.12. The molecule has 1 rings (SSSR count). The topological polar surface area (TPSA) is 49.4 Å². The number of nitrogens with one attached hydrogen (secondary N) is 1. The molecule has 0 aromatic heterocycles. The summed E-state index contributed by atoms with van der Waals surface area (Å²) in [6.07, 6.45) is 2.43. The Kier molecular flexibility index (Phi) is 4.75. The van der Waals surface area contributed by atoms with Crippen LogP contribution >= 0.6 is 0 Å². The quantitative estimate of drug-likeness (QED) is 0.672. The summed E-state index contributed by atoms with van der Waals surface area (Å²) < 4.78 is 0. The summed E-state index contributed by atoms with van der Waals surface area (Å²) >= 11 is 0. The second-order valence-electron chi connectivity index (χ2n) is 4.58. The maximum Gasteiger partial charge on any atom is 0.234 e. The SMILES string of the molecule is CC(C)CC1CN(CCC=O)CC(=O)N1. The molecule has 15 heavy (non-hydrogen) atoms. The minimum absolute atomic E-state index is 0.0813. The van der Waals surface area contributed by atoms with Crippen LogP contribution < -0.4 is 5.32 Å². The number of nitrogens with zero attached hydrogens (tertiary/aromatic N) is 1. The Hall–Kier alpha value is -0.900. The van der Waals surface area contributed by atoms with Crippen LogP contribution in [-0.4, -0.2) is 42.8 Å². The smallest absolute Gasteiger partial charge is 0.234 e. The number of hydrogen-bond acceptors (Lipinski definition) is 3. The molecule has 4 nitrogen and oxygen atoms in total. The number of amides is 1. The molecule has 1 atom stereocenters. The zero-order chi connectivity index (χ0) is 11.3. The van der Waals surface area contributed by atoms with Crippen molar-refractivity contribution in [3.8, 4) is 0 Å². The van der Waals surface area contributed by atoms with Crippen LogP contribution in [0.25, 0.3) is 0 Å². The zero-order valence-electron chi connectivity index (χ0n) is 9.53. The van der Waals surface area contributed by atoms with E-state index in [-0.39, 0.29) is 11.9 Å². The van der Waals surface area contributed by atoms with Crippen LogP contribution in [0.1, 0.15) is 26.7 Å². The molecule has 0 aromatic rings. The summed E-state index contributed by atoms with van der Waals surface area (Å²) in [7, 11) is 0. The van der Waals surface area contributed by atoms with Gasteiger partial charge in [-0.2, -0.15) is 0 Å². The molecule has 0 aromatic carbocycles. The fourth-order valence-corrected chi connectivity index (χ4v) is 2.01. The second kappa shape index (κ2) is 5.85. The standard InChI is InChI=1S/C11H20N2O2/c1-9(2)6-10-7-13(4-3-5-14)8-11(15)12-10/h5,9-10H,3-4,6-8H2,1-2H3,(H,12,15). The third-order valence-electron chi connectivity index (χ3n) is 2.53. The van der Waals surface area contributed by atoms with Gasteiger partial charge in [0.05, 0.1) is 6.54 Å². The number of hydrogen-bond donors (Lipinski definition) is 1. The first-order valence-electron chi connectivity index (χ1n) is 5.57. The number of rotatable bonds is 5. The van der Waals surface area contributed by atoms with E-state index in [1.807, 2.05) is 0 Å². The lowest BCUT2D eigenvalue weighted by Gasteiger charge is -2.33. The van der Waals surface area contributed by atoms with E-state index in [4.69, 9.17) is 0 Å². The molecule has 0 spiro atoms. The molecule has 1 heterocycles. The Morgan fingerprint density at radius 3 is 2.93 bits per heavy atom. The average molecular weight is 212 g/mol. The summed E-state index contributed by atoms with van der Waals surface area (Å²) in [4.78, 5) is 23.7. The van der Waals surface area contributed by atoms with Crippen molar-refractivity contribution in [3.05, 3.63) is 0 Å². The van der Waals surface area contributed by atoms with Gasteiger partial charge in [-0.1, -0.05) is 13.8 Å². The van der Waals surface area contributed by atoms with E-state index < -0.39 is 0 Å². The van der Waals surface area contributed by atoms with Crippen molar-refractivity contribution in [2.45, 2.75) is 32.7 Å². The van der Waals surface area contributed by atoms with E-state index in [1.165, 1.54) is 0 Å². The molecule has 0 bridgehead atoms. The van der Waals surface area contributed by atoms with Crippen LogP contribution in [0, 0.1) is 5.92 Å². The third-order valence-corrected chi connectivity index (χ3v) is 2.53. The molecule has 1 fully saturated rings. The fraction of sp³-hybridized carbons (Fsp3) is 0.818. The van der Waals surface area contributed by atoms with Gasteiger partial charge in [0.25, 0.3) is 0 Å². The predicted molar refractivity (Wildman–Crippen MR) is 58.5 cm³/mol. The number of aldehydes is 1. The zero-order valence-corrected chi connectivity index (χ0v) is 9.53. The van der Waals surface area contributed by atoms with E-state index in [2.05, 4.69) is 24.1 Å². The van der Waals surface area contributed by atoms with Gasteiger partial charge in [0.15, 0.2) is 0 Å². The van der Waals surface area contributed by atoms with Crippen LogP contribution in [0.3, 0.4) is 0 Å². The largest absolute Gasteiger partial charge is 0.351 e. The predicted octanol–water partition coefficient (Wildman–Crippen LogP) is 0.422. The molecule has 1 amide bonds. The Morgan fingerprint density at radius 2 is 2.33 bits per heavy atom. The van der Waals surface area contributed by atoms with Crippen molar-refractivity contribution in [3.63, 3.8) is 0 Å². The van der Waals surface area contributed by atoms with Crippen LogP contribution in [0.15, 0.2) is 0 Å². The van der Waals surface area contributed by atoms with Gasteiger partial charge in [-0.3, -0.25) is 9.69 Å². The fourth-order valence-electron chi connectivity index (χ4n) is 2.01. The van der Waals surface area contributed by atoms with Crippen molar-refractivity contribution in [1.82, 2.24) is 10.2 Å². The molecule has 1 N–H and O–H groups in total. The highest BCUT2D eigenvalue weighted by molar-refractivity contribution is 5.79. The molecule has 0 aliphatic carbocycles. The first-order chi connectivity index (χ1) is 7.11. The van der Waals surface area contributed by atoms with Crippen LogP contribution in [0.4, 0.5) is 0 Å². The minimum atomic E-state index is 0.0813. The molecule has 0 saturated carbocycles. The lowest BCUT2D eigenvalue weighted by molar-refractivity contribution is -0.126. The molecule has 4 heteroatoms. The number of piperazine rings is 1. The van der Waals surface area contributed by atoms with E-state index in [0.717, 1.165) is 19.3 Å². The maximum atomic E-state index is 11.4. The van der Waals surface area contributed by atoms with Crippen molar-refractivity contribution >= 4 is 12.2 Å². The molecule has 0 radical (unpaired) electrons. The maximum absolute atomic E-state index is 11.4. The van der Waals surface area contributed by atoms with Gasteiger partial charge < -0.3 is 10.1 Å². The third kappa shape index (κ3) is 4.42. The highest BCUT2D eigenvalue weighted by Crippen LogP contribution is 2.09. The van der Waals surface area contributed by atoms with Crippen LogP contribution in [-0.2, 0) is 9.59 Å². The van der Waals surface area contributed by atoms with Gasteiger partial charge in [-0.15, -0.1) is 0 Å². The summed E-state index contributed by atoms with van der Waals surface area (Å²) in [6.45, 7) is 6.30. The minimum Gasteiger partial charge on any atom is -0.351 e. The first kappa shape index (κ1) is 12.2. The van der Waals surface area contributed by atoms with Gasteiger partial charge in [-0.05, 0) is 12.3 Å². The number of carbonyl (C=O) groups is 2. The molecule has 1 aliphatic rings. The van der Waals surface area contributed by atoms with Crippen LogP contribution in [0.5, 0.6) is 0 Å². The van der Waals surface area contributed by atoms with E-state index in [9.17, 15) is 9.59 Å². The first-order valence-corrected chi connectivity index (χ1v) is 5.57. The number of carbonyl (C=O) groups excluding carboxylic acids is 2. The highest BCUT2D eigenvalue weighted by Gasteiger charge is 2.24. The Morgan fingerprint density at radius 1 is 1.60 bits per heavy atom. The Bertz CT molecular complexity index is 229. The van der Waals surface area contributed by atoms with Crippen molar-refractivity contribution in [2.75, 3.05) is 19.6 Å². The van der Waals surface area contributed by atoms with Gasteiger partial charge in [0.2, 0.25) is 5.91 Å². The molecule has 86 valence electrons. The van der Waals surface area contributed by atoms with Gasteiger partial charge >= 0.3 is 0 Å². The lowest BCUT2D eigenvalue weighted by Crippen LogP contribution is -2.54. The summed E-state index contributed by atoms with van der Waals surface area (Å²) in [6, 6.07) is 0.248. The summed E-state index contributed by atoms with van der Waals surface area (Å²) in [5, 5.41) is 2.99. The highest BCUT2D eigenvalue weighted by atomic mass is 16.2. The summed E-state index contributed by atoms with van der Waals surface area (Å²) in [5.74, 6) is 0.666. The normalized spacial score (nSPS) is 22.9. The second-order valence-corrected chi connectivity index (χ2v) is 4.58. The van der Waals surface area contributed by atoms with Gasteiger partial charge in [-0.25, -0.2) is 0 Å². The van der Waals surface area contributed by atoms with Crippen molar-refractivity contribution in [1.29, 1.82) is 0 Å². The van der Waals surface area contributed by atoms with Crippen molar-refractivity contribution in [2.24, 2.45) is 5.92 Å². The van der Waals surface area contributed by atoms with E-state index >= 15 is 0 Å². The Labute approximate surface area is 91.0 Å². The van der Waals surface area contributed by atoms with Gasteiger partial charge in [0, 0.05) is 25.6 Å². The monoisotopic (exact) mass is 212 g/mol. The molecule has 1 aliphatic heterocycles. The van der Waals surface area contributed by atoms with Crippen LogP contribution in [0.2, 0.25) is 0 Å². The molecular weight excluding hydrogens is 192 g/mol. The van der Waals surface area contributed by atoms with E-state index in [0.29, 0.717) is 25.4 Å². The molecule has 1 saturated heterocycles. The molecular formula is C11H20N2O2. The molecule has 1 unspecified atom stereocenters. The lowest BCUT2D eigenvalue weighted by atomic mass is 10.0.